The molecule has 9 heteroatoms. The van der Waals surface area contributed by atoms with Gasteiger partial charge in [0.15, 0.2) is 0 Å². The highest BCUT2D eigenvalue weighted by molar-refractivity contribution is 6.48. The molecule has 0 aliphatic carbocycles. The first-order chi connectivity index (χ1) is 17.4. The molecule has 0 fully saturated rings. The van der Waals surface area contributed by atoms with Crippen molar-refractivity contribution < 1.29 is 23.9 Å². The van der Waals surface area contributed by atoms with Crippen LogP contribution in [0.15, 0.2) is 89.6 Å². The molecule has 3 aromatic carbocycles. The molecule has 0 aromatic heterocycles. The summed E-state index contributed by atoms with van der Waals surface area (Å²) in [4.78, 5) is 51.0. The van der Waals surface area contributed by atoms with Gasteiger partial charge in [0, 0.05) is 16.9 Å². The second-order valence-corrected chi connectivity index (χ2v) is 8.21. The van der Waals surface area contributed by atoms with Crippen molar-refractivity contribution in [3.8, 4) is 0 Å². The van der Waals surface area contributed by atoms with Gasteiger partial charge in [0.1, 0.15) is 10.7 Å². The van der Waals surface area contributed by atoms with Crippen LogP contribution in [-0.4, -0.2) is 35.2 Å². The van der Waals surface area contributed by atoms with Crippen LogP contribution < -0.4 is 10.6 Å². The largest absolute Gasteiger partial charge is 0.462 e. The predicted molar refractivity (Wildman–Crippen MR) is 135 cm³/mol. The molecule has 1 aliphatic heterocycles. The first-order valence-corrected chi connectivity index (χ1v) is 11.5. The fourth-order valence-electron chi connectivity index (χ4n) is 3.56. The molecular formula is C27H22ClN3O5. The number of benzene rings is 3. The van der Waals surface area contributed by atoms with E-state index in [0.717, 1.165) is 10.5 Å². The van der Waals surface area contributed by atoms with Gasteiger partial charge in [0.05, 0.1) is 18.7 Å². The van der Waals surface area contributed by atoms with Crippen LogP contribution in [0, 0.1) is 0 Å². The molecule has 0 saturated carbocycles. The summed E-state index contributed by atoms with van der Waals surface area (Å²) in [6.07, 6.45) is 0. The van der Waals surface area contributed by atoms with E-state index in [9.17, 15) is 19.2 Å². The van der Waals surface area contributed by atoms with Crippen molar-refractivity contribution >= 4 is 46.7 Å². The molecule has 36 heavy (non-hydrogen) atoms. The van der Waals surface area contributed by atoms with Gasteiger partial charge in [-0.15, -0.1) is 0 Å². The molecule has 0 atom stereocenters. The number of anilines is 2. The molecule has 1 aliphatic rings. The number of carbonyl (C=O) groups excluding carboxylic acids is 4. The summed E-state index contributed by atoms with van der Waals surface area (Å²) < 4.78 is 4.98. The minimum Gasteiger partial charge on any atom is -0.462 e. The lowest BCUT2D eigenvalue weighted by atomic mass is 10.1. The molecule has 0 spiro atoms. The standard InChI is InChI=1S/C27H22ClN3O5/c1-2-36-27(35)19-9-6-10-21(15-19)30-24(32)18-11-13-20(14-12-18)29-23-22(28)25(33)31(26(23)34)16-17-7-4-3-5-8-17/h3-15,29H,2,16H2,1H3,(H,30,32). The van der Waals surface area contributed by atoms with Crippen LogP contribution in [0.25, 0.3) is 0 Å². The highest BCUT2D eigenvalue weighted by Gasteiger charge is 2.37. The zero-order valence-electron chi connectivity index (χ0n) is 19.3. The zero-order valence-corrected chi connectivity index (χ0v) is 20.0. The van der Waals surface area contributed by atoms with E-state index in [4.69, 9.17) is 16.3 Å². The molecule has 4 rings (SSSR count). The smallest absolute Gasteiger partial charge is 0.338 e. The minimum atomic E-state index is -0.575. The van der Waals surface area contributed by atoms with Gasteiger partial charge >= 0.3 is 5.97 Å². The Morgan fingerprint density at radius 2 is 1.58 bits per heavy atom. The minimum absolute atomic E-state index is 0.0226. The van der Waals surface area contributed by atoms with Crippen LogP contribution in [0.1, 0.15) is 33.2 Å². The van der Waals surface area contributed by atoms with Gasteiger partial charge in [0.2, 0.25) is 0 Å². The number of rotatable bonds is 8. The van der Waals surface area contributed by atoms with E-state index < -0.39 is 17.8 Å². The number of hydrogen-bond donors (Lipinski definition) is 2. The van der Waals surface area contributed by atoms with Crippen LogP contribution in [0.5, 0.6) is 0 Å². The van der Waals surface area contributed by atoms with Crippen molar-refractivity contribution in [1.29, 1.82) is 0 Å². The average Bonchev–Trinajstić information content (AvgIpc) is 3.08. The topological polar surface area (TPSA) is 105 Å². The Labute approximate surface area is 212 Å². The summed E-state index contributed by atoms with van der Waals surface area (Å²) in [6.45, 7) is 2.08. The number of amides is 3. The van der Waals surface area contributed by atoms with E-state index in [1.807, 2.05) is 30.3 Å². The SMILES string of the molecule is CCOC(=O)c1cccc(NC(=O)c2ccc(NC3=C(Cl)C(=O)N(Cc4ccccc4)C3=O)cc2)c1. The molecule has 0 unspecified atom stereocenters. The van der Waals surface area contributed by atoms with Crippen molar-refractivity contribution in [2.24, 2.45) is 0 Å². The van der Waals surface area contributed by atoms with Gasteiger partial charge in [-0.05, 0) is 55.0 Å². The van der Waals surface area contributed by atoms with Crippen LogP contribution in [-0.2, 0) is 20.9 Å². The van der Waals surface area contributed by atoms with Crippen LogP contribution in [0.4, 0.5) is 11.4 Å². The molecule has 0 radical (unpaired) electrons. The number of imide groups is 1. The maximum absolute atomic E-state index is 12.8. The summed E-state index contributed by atoms with van der Waals surface area (Å²) >= 11 is 6.17. The Kier molecular flexibility index (Phi) is 7.46. The van der Waals surface area contributed by atoms with Crippen LogP contribution in [0.3, 0.4) is 0 Å². The van der Waals surface area contributed by atoms with Crippen LogP contribution in [0.2, 0.25) is 0 Å². The van der Waals surface area contributed by atoms with E-state index >= 15 is 0 Å². The molecule has 8 nitrogen and oxygen atoms in total. The molecule has 0 saturated heterocycles. The number of nitrogens with zero attached hydrogens (tertiary/aromatic N) is 1. The highest BCUT2D eigenvalue weighted by atomic mass is 35.5. The molecule has 3 amide bonds. The zero-order chi connectivity index (χ0) is 25.7. The second-order valence-electron chi connectivity index (χ2n) is 7.83. The summed E-state index contributed by atoms with van der Waals surface area (Å²) in [5, 5.41) is 5.43. The van der Waals surface area contributed by atoms with Gasteiger partial charge in [-0.3, -0.25) is 19.3 Å². The monoisotopic (exact) mass is 503 g/mol. The van der Waals surface area contributed by atoms with Crippen molar-refractivity contribution in [2.45, 2.75) is 13.5 Å². The van der Waals surface area contributed by atoms with E-state index in [2.05, 4.69) is 10.6 Å². The summed E-state index contributed by atoms with van der Waals surface area (Å²) in [7, 11) is 0. The quantitative estimate of drug-likeness (QED) is 0.345. The maximum atomic E-state index is 12.8. The first kappa shape index (κ1) is 24.7. The molecule has 3 aromatic rings. The van der Waals surface area contributed by atoms with E-state index in [1.165, 1.54) is 6.07 Å². The third-order valence-electron chi connectivity index (χ3n) is 5.34. The van der Waals surface area contributed by atoms with Crippen molar-refractivity contribution in [1.82, 2.24) is 4.90 Å². The third-order valence-corrected chi connectivity index (χ3v) is 5.69. The third kappa shape index (κ3) is 5.45. The molecule has 1 heterocycles. The Morgan fingerprint density at radius 1 is 0.861 bits per heavy atom. The van der Waals surface area contributed by atoms with E-state index in [1.54, 1.807) is 49.4 Å². The fourth-order valence-corrected chi connectivity index (χ4v) is 3.79. The highest BCUT2D eigenvalue weighted by Crippen LogP contribution is 2.27. The first-order valence-electron chi connectivity index (χ1n) is 11.1. The second kappa shape index (κ2) is 10.9. The number of halogens is 1. The Balaban J connectivity index is 1.41. The number of hydrogen-bond acceptors (Lipinski definition) is 6. The van der Waals surface area contributed by atoms with E-state index in [-0.39, 0.29) is 29.8 Å². The summed E-state index contributed by atoms with van der Waals surface area (Å²) in [5.74, 6) is -1.97. The van der Waals surface area contributed by atoms with Crippen molar-refractivity contribution in [3.63, 3.8) is 0 Å². The predicted octanol–water partition coefficient (Wildman–Crippen LogP) is 4.55. The Bertz CT molecular complexity index is 1350. The fraction of sp³-hybridized carbons (Fsp3) is 0.111. The lowest BCUT2D eigenvalue weighted by Crippen LogP contribution is -2.31. The number of carbonyl (C=O) groups is 4. The van der Waals surface area contributed by atoms with E-state index in [0.29, 0.717) is 22.5 Å². The maximum Gasteiger partial charge on any atom is 0.338 e. The summed E-state index contributed by atoms with van der Waals surface area (Å²) in [6, 6.07) is 21.9. The molecule has 0 bridgehead atoms. The number of esters is 1. The number of nitrogens with one attached hydrogen (secondary N) is 2. The Hall–Kier alpha value is -4.43. The molecular weight excluding hydrogens is 482 g/mol. The van der Waals surface area contributed by atoms with Gasteiger partial charge in [-0.2, -0.15) is 0 Å². The van der Waals surface area contributed by atoms with Gasteiger partial charge < -0.3 is 15.4 Å². The van der Waals surface area contributed by atoms with Crippen molar-refractivity contribution in [3.05, 3.63) is 106 Å². The Morgan fingerprint density at radius 3 is 2.28 bits per heavy atom. The van der Waals surface area contributed by atoms with Gasteiger partial charge in [0.25, 0.3) is 17.7 Å². The molecule has 2 N–H and O–H groups in total. The van der Waals surface area contributed by atoms with Gasteiger partial charge in [-0.25, -0.2) is 4.79 Å². The average molecular weight is 504 g/mol. The lowest BCUT2D eigenvalue weighted by Gasteiger charge is -2.15. The van der Waals surface area contributed by atoms with Crippen molar-refractivity contribution in [2.75, 3.05) is 17.2 Å². The van der Waals surface area contributed by atoms with Crippen LogP contribution >= 0.6 is 11.6 Å². The normalized spacial score (nSPS) is 13.1. The number of ether oxygens (including phenoxy) is 1. The van der Waals surface area contributed by atoms with Gasteiger partial charge in [-0.1, -0.05) is 48.0 Å². The lowest BCUT2D eigenvalue weighted by molar-refractivity contribution is -0.138. The molecule has 182 valence electrons. The summed E-state index contributed by atoms with van der Waals surface area (Å²) in [5.41, 5.74) is 2.38.